The Bertz CT molecular complexity index is 446. The normalized spacial score (nSPS) is 23.8. The number of aliphatic hydroxyl groups is 1. The topological polar surface area (TPSA) is 40.5 Å². The number of ketones is 1. The first-order valence-corrected chi connectivity index (χ1v) is 7.25. The van der Waals surface area contributed by atoms with Gasteiger partial charge in [-0.1, -0.05) is 6.92 Å². The molecule has 110 valence electrons. The SMILES string of the molecule is CC1CN(CCCC(=O)c2ccc(F)cc2)CCC1O. The first-order chi connectivity index (χ1) is 9.56. The van der Waals surface area contributed by atoms with Gasteiger partial charge in [-0.05, 0) is 49.6 Å². The molecule has 2 rings (SSSR count). The van der Waals surface area contributed by atoms with E-state index in [0.717, 1.165) is 32.5 Å². The number of carbonyl (C=O) groups excluding carboxylic acids is 1. The van der Waals surface area contributed by atoms with Gasteiger partial charge in [0, 0.05) is 25.1 Å². The highest BCUT2D eigenvalue weighted by atomic mass is 19.1. The van der Waals surface area contributed by atoms with Crippen LogP contribution in [0, 0.1) is 11.7 Å². The highest BCUT2D eigenvalue weighted by Crippen LogP contribution is 2.17. The molecule has 1 heterocycles. The second-order valence-corrected chi connectivity index (χ2v) is 5.67. The van der Waals surface area contributed by atoms with E-state index in [1.54, 1.807) is 0 Å². The van der Waals surface area contributed by atoms with Crippen LogP contribution < -0.4 is 0 Å². The number of hydrogen-bond acceptors (Lipinski definition) is 3. The maximum atomic E-state index is 12.8. The summed E-state index contributed by atoms with van der Waals surface area (Å²) in [6.45, 7) is 4.73. The zero-order valence-corrected chi connectivity index (χ0v) is 11.9. The molecule has 1 saturated heterocycles. The van der Waals surface area contributed by atoms with Crippen molar-refractivity contribution in [2.75, 3.05) is 19.6 Å². The van der Waals surface area contributed by atoms with Gasteiger partial charge in [0.2, 0.25) is 0 Å². The van der Waals surface area contributed by atoms with E-state index in [0.29, 0.717) is 17.9 Å². The van der Waals surface area contributed by atoms with Crippen molar-refractivity contribution in [3.8, 4) is 0 Å². The summed E-state index contributed by atoms with van der Waals surface area (Å²) in [7, 11) is 0. The molecule has 0 radical (unpaired) electrons. The highest BCUT2D eigenvalue weighted by Gasteiger charge is 2.23. The largest absolute Gasteiger partial charge is 0.393 e. The summed E-state index contributed by atoms with van der Waals surface area (Å²) in [5.41, 5.74) is 0.578. The molecule has 0 amide bonds. The fraction of sp³-hybridized carbons (Fsp3) is 0.562. The molecule has 1 aliphatic heterocycles. The van der Waals surface area contributed by atoms with Gasteiger partial charge < -0.3 is 10.0 Å². The zero-order chi connectivity index (χ0) is 14.5. The van der Waals surface area contributed by atoms with E-state index in [1.165, 1.54) is 24.3 Å². The molecule has 1 aliphatic rings. The lowest BCUT2D eigenvalue weighted by atomic mass is 9.96. The first kappa shape index (κ1) is 15.1. The minimum Gasteiger partial charge on any atom is -0.393 e. The van der Waals surface area contributed by atoms with Crippen LogP contribution in [0.15, 0.2) is 24.3 Å². The van der Waals surface area contributed by atoms with Crippen molar-refractivity contribution in [2.24, 2.45) is 5.92 Å². The van der Waals surface area contributed by atoms with Crippen molar-refractivity contribution in [3.63, 3.8) is 0 Å². The molecule has 3 nitrogen and oxygen atoms in total. The van der Waals surface area contributed by atoms with Crippen molar-refractivity contribution < 1.29 is 14.3 Å². The molecule has 1 aromatic carbocycles. The summed E-state index contributed by atoms with van der Waals surface area (Å²) in [6.07, 6.45) is 1.91. The van der Waals surface area contributed by atoms with Crippen LogP contribution in [0.4, 0.5) is 4.39 Å². The molecule has 1 fully saturated rings. The van der Waals surface area contributed by atoms with Gasteiger partial charge in [-0.25, -0.2) is 4.39 Å². The van der Waals surface area contributed by atoms with Gasteiger partial charge in [0.05, 0.1) is 6.10 Å². The molecule has 1 aromatic rings. The van der Waals surface area contributed by atoms with Crippen LogP contribution >= 0.6 is 0 Å². The predicted molar refractivity (Wildman–Crippen MR) is 76.2 cm³/mol. The zero-order valence-electron chi connectivity index (χ0n) is 11.9. The number of piperidine rings is 1. The standard InChI is InChI=1S/C16H22FNO2/c1-12-11-18(10-8-15(12)19)9-2-3-16(20)13-4-6-14(17)7-5-13/h4-7,12,15,19H,2-3,8-11H2,1H3. The molecule has 0 saturated carbocycles. The molecule has 1 N–H and O–H groups in total. The molecule has 0 aliphatic carbocycles. The van der Waals surface area contributed by atoms with E-state index >= 15 is 0 Å². The third-order valence-electron chi connectivity index (χ3n) is 3.99. The Balaban J connectivity index is 1.73. The second-order valence-electron chi connectivity index (χ2n) is 5.67. The number of Topliss-reactive ketones (excluding diaryl/α,β-unsaturated/α-hetero) is 1. The van der Waals surface area contributed by atoms with Crippen LogP contribution in [0.1, 0.15) is 36.5 Å². The Morgan fingerprint density at radius 3 is 2.75 bits per heavy atom. The van der Waals surface area contributed by atoms with Crippen LogP contribution in [0.3, 0.4) is 0 Å². The smallest absolute Gasteiger partial charge is 0.162 e. The van der Waals surface area contributed by atoms with Gasteiger partial charge in [-0.2, -0.15) is 0 Å². The Morgan fingerprint density at radius 1 is 1.40 bits per heavy atom. The summed E-state index contributed by atoms with van der Waals surface area (Å²) in [6, 6.07) is 5.72. The summed E-state index contributed by atoms with van der Waals surface area (Å²) < 4.78 is 12.8. The lowest BCUT2D eigenvalue weighted by Crippen LogP contribution is -2.42. The molecule has 0 bridgehead atoms. The molecule has 20 heavy (non-hydrogen) atoms. The molecule has 0 spiro atoms. The number of halogens is 1. The fourth-order valence-electron chi connectivity index (χ4n) is 2.67. The maximum absolute atomic E-state index is 12.8. The number of rotatable bonds is 5. The Labute approximate surface area is 119 Å². The van der Waals surface area contributed by atoms with Crippen LogP contribution in [-0.4, -0.2) is 41.5 Å². The Morgan fingerprint density at radius 2 is 2.10 bits per heavy atom. The van der Waals surface area contributed by atoms with E-state index in [2.05, 4.69) is 11.8 Å². The van der Waals surface area contributed by atoms with Crippen molar-refractivity contribution >= 4 is 5.78 Å². The first-order valence-electron chi connectivity index (χ1n) is 7.25. The molecular formula is C16H22FNO2. The summed E-state index contributed by atoms with van der Waals surface area (Å²) in [5, 5.41) is 9.67. The van der Waals surface area contributed by atoms with E-state index in [4.69, 9.17) is 0 Å². The second kappa shape index (κ2) is 6.95. The lowest BCUT2D eigenvalue weighted by molar-refractivity contribution is 0.0344. The van der Waals surface area contributed by atoms with Gasteiger partial charge in [-0.3, -0.25) is 4.79 Å². The van der Waals surface area contributed by atoms with Gasteiger partial charge in [0.25, 0.3) is 0 Å². The lowest BCUT2D eigenvalue weighted by Gasteiger charge is -2.34. The van der Waals surface area contributed by atoms with Gasteiger partial charge in [0.1, 0.15) is 5.82 Å². The summed E-state index contributed by atoms with van der Waals surface area (Å²) >= 11 is 0. The van der Waals surface area contributed by atoms with Crippen molar-refractivity contribution in [1.29, 1.82) is 0 Å². The Hall–Kier alpha value is -1.26. The molecule has 2 unspecified atom stereocenters. The average Bonchev–Trinajstić information content (AvgIpc) is 2.43. The van der Waals surface area contributed by atoms with Crippen molar-refractivity contribution in [3.05, 3.63) is 35.6 Å². The summed E-state index contributed by atoms with van der Waals surface area (Å²) in [4.78, 5) is 14.2. The minimum atomic E-state index is -0.317. The van der Waals surface area contributed by atoms with Crippen molar-refractivity contribution in [1.82, 2.24) is 4.90 Å². The van der Waals surface area contributed by atoms with E-state index in [1.807, 2.05) is 0 Å². The maximum Gasteiger partial charge on any atom is 0.162 e. The van der Waals surface area contributed by atoms with Crippen molar-refractivity contribution in [2.45, 2.75) is 32.3 Å². The van der Waals surface area contributed by atoms with Crippen LogP contribution in [-0.2, 0) is 0 Å². The summed E-state index contributed by atoms with van der Waals surface area (Å²) in [5.74, 6) is 0.0501. The molecule has 4 heteroatoms. The molecular weight excluding hydrogens is 257 g/mol. The third kappa shape index (κ3) is 4.12. The van der Waals surface area contributed by atoms with E-state index in [-0.39, 0.29) is 17.7 Å². The predicted octanol–water partition coefficient (Wildman–Crippen LogP) is 2.49. The monoisotopic (exact) mass is 279 g/mol. The number of hydrogen-bond donors (Lipinski definition) is 1. The number of carbonyl (C=O) groups is 1. The molecule has 0 aromatic heterocycles. The van der Waals surface area contributed by atoms with Crippen LogP contribution in [0.2, 0.25) is 0 Å². The Kier molecular flexibility index (Phi) is 5.26. The number of likely N-dealkylation sites (tertiary alicyclic amines) is 1. The van der Waals surface area contributed by atoms with E-state index in [9.17, 15) is 14.3 Å². The average molecular weight is 279 g/mol. The third-order valence-corrected chi connectivity index (χ3v) is 3.99. The fourth-order valence-corrected chi connectivity index (χ4v) is 2.67. The van der Waals surface area contributed by atoms with Gasteiger partial charge >= 0.3 is 0 Å². The quantitative estimate of drug-likeness (QED) is 0.842. The number of nitrogens with zero attached hydrogens (tertiary/aromatic N) is 1. The highest BCUT2D eigenvalue weighted by molar-refractivity contribution is 5.95. The van der Waals surface area contributed by atoms with Gasteiger partial charge in [-0.15, -0.1) is 0 Å². The van der Waals surface area contributed by atoms with Crippen LogP contribution in [0.5, 0.6) is 0 Å². The minimum absolute atomic E-state index is 0.0649. The molecule has 2 atom stereocenters. The number of aliphatic hydroxyl groups excluding tert-OH is 1. The number of benzene rings is 1. The van der Waals surface area contributed by atoms with E-state index < -0.39 is 0 Å². The van der Waals surface area contributed by atoms with Crippen LogP contribution in [0.25, 0.3) is 0 Å². The van der Waals surface area contributed by atoms with Gasteiger partial charge in [0.15, 0.2) is 5.78 Å².